The topological polar surface area (TPSA) is 92.6 Å². The number of nitrogens with zero attached hydrogens (tertiary/aromatic N) is 2. The van der Waals surface area contributed by atoms with Crippen LogP contribution >= 0.6 is 0 Å². The average molecular weight is 291 g/mol. The number of urea groups is 1. The molecule has 1 aromatic rings. The van der Waals surface area contributed by atoms with Gasteiger partial charge in [-0.25, -0.2) is 4.79 Å². The van der Waals surface area contributed by atoms with E-state index in [1.807, 2.05) is 13.8 Å². The third kappa shape index (κ3) is 3.36. The number of amides is 3. The fraction of sp³-hybridized carbons (Fsp3) is 0.429. The van der Waals surface area contributed by atoms with Crippen molar-refractivity contribution in [1.82, 2.24) is 10.2 Å². The number of nitro benzene ring substituents is 1. The number of hydrogen-bond donors (Lipinski definition) is 1. The standard InChI is InChI=1S/C14H17N3O4/c1-9(2)6-12-13(18)16(14(19)15-12)8-10-4-3-5-11(7-10)17(20)21/h3-5,7,9,12H,6,8H2,1-2H3,(H,15,19)/t12-/m1/s1. The summed E-state index contributed by atoms with van der Waals surface area (Å²) in [6.07, 6.45) is 0.579. The van der Waals surface area contributed by atoms with Crippen LogP contribution in [0.3, 0.4) is 0 Å². The number of hydrogen-bond acceptors (Lipinski definition) is 4. The number of nitro groups is 1. The molecule has 2 rings (SSSR count). The molecule has 0 saturated carbocycles. The van der Waals surface area contributed by atoms with Crippen LogP contribution in [-0.4, -0.2) is 27.8 Å². The molecule has 1 aliphatic rings. The van der Waals surface area contributed by atoms with Gasteiger partial charge in [-0.05, 0) is 17.9 Å². The van der Waals surface area contributed by atoms with Crippen molar-refractivity contribution in [3.05, 3.63) is 39.9 Å². The molecule has 1 fully saturated rings. The molecule has 1 N–H and O–H groups in total. The minimum absolute atomic E-state index is 0.0426. The maximum Gasteiger partial charge on any atom is 0.325 e. The second-order valence-corrected chi connectivity index (χ2v) is 5.48. The number of carbonyl (C=O) groups excluding carboxylic acids is 2. The van der Waals surface area contributed by atoms with E-state index in [0.717, 1.165) is 4.90 Å². The van der Waals surface area contributed by atoms with Gasteiger partial charge in [0.15, 0.2) is 0 Å². The van der Waals surface area contributed by atoms with Gasteiger partial charge in [0.2, 0.25) is 0 Å². The number of non-ortho nitro benzene ring substituents is 1. The zero-order valence-corrected chi connectivity index (χ0v) is 11.9. The maximum absolute atomic E-state index is 12.2. The Hall–Kier alpha value is -2.44. The van der Waals surface area contributed by atoms with E-state index in [4.69, 9.17) is 0 Å². The van der Waals surface area contributed by atoms with E-state index in [1.54, 1.807) is 6.07 Å². The van der Waals surface area contributed by atoms with E-state index in [-0.39, 0.29) is 24.1 Å². The van der Waals surface area contributed by atoms with E-state index in [9.17, 15) is 19.7 Å². The monoisotopic (exact) mass is 291 g/mol. The normalized spacial score (nSPS) is 18.2. The Labute approximate surface area is 122 Å². The zero-order valence-electron chi connectivity index (χ0n) is 11.9. The number of nitrogens with one attached hydrogen (secondary N) is 1. The second-order valence-electron chi connectivity index (χ2n) is 5.48. The molecule has 0 unspecified atom stereocenters. The van der Waals surface area contributed by atoms with Gasteiger partial charge in [0.1, 0.15) is 6.04 Å². The molecule has 1 atom stereocenters. The molecular weight excluding hydrogens is 274 g/mol. The van der Waals surface area contributed by atoms with Gasteiger partial charge in [-0.1, -0.05) is 26.0 Å². The molecule has 0 bridgehead atoms. The molecule has 0 radical (unpaired) electrons. The summed E-state index contributed by atoms with van der Waals surface area (Å²) >= 11 is 0. The summed E-state index contributed by atoms with van der Waals surface area (Å²) in [7, 11) is 0. The van der Waals surface area contributed by atoms with Crippen molar-refractivity contribution in [2.24, 2.45) is 5.92 Å². The highest BCUT2D eigenvalue weighted by Crippen LogP contribution is 2.19. The first-order valence-corrected chi connectivity index (χ1v) is 6.73. The minimum Gasteiger partial charge on any atom is -0.326 e. The van der Waals surface area contributed by atoms with Gasteiger partial charge >= 0.3 is 6.03 Å². The highest BCUT2D eigenvalue weighted by molar-refractivity contribution is 6.04. The molecule has 7 heteroatoms. The number of carbonyl (C=O) groups is 2. The molecule has 1 heterocycles. The first kappa shape index (κ1) is 15.0. The molecular formula is C14H17N3O4. The van der Waals surface area contributed by atoms with Gasteiger partial charge in [-0.2, -0.15) is 0 Å². The maximum atomic E-state index is 12.2. The van der Waals surface area contributed by atoms with Crippen molar-refractivity contribution in [2.45, 2.75) is 32.9 Å². The van der Waals surface area contributed by atoms with Crippen LogP contribution in [0.4, 0.5) is 10.5 Å². The average Bonchev–Trinajstić information content (AvgIpc) is 2.66. The van der Waals surface area contributed by atoms with Crippen molar-refractivity contribution in [3.63, 3.8) is 0 Å². The molecule has 1 aromatic carbocycles. The van der Waals surface area contributed by atoms with Crippen LogP contribution in [-0.2, 0) is 11.3 Å². The van der Waals surface area contributed by atoms with E-state index in [2.05, 4.69) is 5.32 Å². The van der Waals surface area contributed by atoms with Crippen LogP contribution in [0.15, 0.2) is 24.3 Å². The van der Waals surface area contributed by atoms with Gasteiger partial charge in [0.05, 0.1) is 11.5 Å². The van der Waals surface area contributed by atoms with E-state index < -0.39 is 17.0 Å². The lowest BCUT2D eigenvalue weighted by Gasteiger charge is -2.13. The third-order valence-electron chi connectivity index (χ3n) is 3.28. The van der Waals surface area contributed by atoms with E-state index in [0.29, 0.717) is 12.0 Å². The van der Waals surface area contributed by atoms with E-state index >= 15 is 0 Å². The fourth-order valence-corrected chi connectivity index (χ4v) is 2.31. The Morgan fingerprint density at radius 3 is 2.71 bits per heavy atom. The van der Waals surface area contributed by atoms with Gasteiger partial charge < -0.3 is 5.32 Å². The van der Waals surface area contributed by atoms with Crippen molar-refractivity contribution < 1.29 is 14.5 Å². The summed E-state index contributed by atoms with van der Waals surface area (Å²) in [6.45, 7) is 3.99. The van der Waals surface area contributed by atoms with Crippen LogP contribution in [0.25, 0.3) is 0 Å². The van der Waals surface area contributed by atoms with Gasteiger partial charge in [-0.15, -0.1) is 0 Å². The third-order valence-corrected chi connectivity index (χ3v) is 3.28. The predicted octanol–water partition coefficient (Wildman–Crippen LogP) is 2.06. The van der Waals surface area contributed by atoms with Crippen molar-refractivity contribution in [1.29, 1.82) is 0 Å². The molecule has 3 amide bonds. The SMILES string of the molecule is CC(C)C[C@H]1NC(=O)N(Cc2cccc([N+](=O)[O-])c2)C1=O. The Bertz CT molecular complexity index is 585. The summed E-state index contributed by atoms with van der Waals surface area (Å²) in [5.41, 5.74) is 0.496. The van der Waals surface area contributed by atoms with Crippen LogP contribution in [0.5, 0.6) is 0 Å². The lowest BCUT2D eigenvalue weighted by atomic mass is 10.0. The largest absolute Gasteiger partial charge is 0.326 e. The number of rotatable bonds is 5. The first-order chi connectivity index (χ1) is 9.88. The highest BCUT2D eigenvalue weighted by atomic mass is 16.6. The lowest BCUT2D eigenvalue weighted by molar-refractivity contribution is -0.384. The van der Waals surface area contributed by atoms with Gasteiger partial charge in [-0.3, -0.25) is 19.8 Å². The summed E-state index contributed by atoms with van der Waals surface area (Å²) in [4.78, 5) is 35.4. The summed E-state index contributed by atoms with van der Waals surface area (Å²) in [6, 6.07) is 4.99. The van der Waals surface area contributed by atoms with Crippen molar-refractivity contribution in [3.8, 4) is 0 Å². The number of benzene rings is 1. The summed E-state index contributed by atoms with van der Waals surface area (Å²) in [5, 5.41) is 13.4. The Morgan fingerprint density at radius 1 is 1.38 bits per heavy atom. The van der Waals surface area contributed by atoms with E-state index in [1.165, 1.54) is 18.2 Å². The van der Waals surface area contributed by atoms with Gasteiger partial charge in [0, 0.05) is 12.1 Å². The fourth-order valence-electron chi connectivity index (χ4n) is 2.31. The summed E-state index contributed by atoms with van der Waals surface area (Å²) < 4.78 is 0. The number of imide groups is 1. The molecule has 1 saturated heterocycles. The molecule has 7 nitrogen and oxygen atoms in total. The molecule has 0 aromatic heterocycles. The molecule has 0 spiro atoms. The van der Waals surface area contributed by atoms with Crippen LogP contribution in [0.1, 0.15) is 25.8 Å². The predicted molar refractivity (Wildman–Crippen MR) is 75.4 cm³/mol. The van der Waals surface area contributed by atoms with Crippen molar-refractivity contribution >= 4 is 17.6 Å². The molecule has 112 valence electrons. The van der Waals surface area contributed by atoms with Crippen LogP contribution < -0.4 is 5.32 Å². The summed E-state index contributed by atoms with van der Waals surface area (Å²) in [5.74, 6) is 0.0113. The van der Waals surface area contributed by atoms with Crippen LogP contribution in [0, 0.1) is 16.0 Å². The van der Waals surface area contributed by atoms with Gasteiger partial charge in [0.25, 0.3) is 11.6 Å². The minimum atomic E-state index is -0.504. The quantitative estimate of drug-likeness (QED) is 0.510. The molecule has 0 aliphatic carbocycles. The second kappa shape index (κ2) is 5.90. The van der Waals surface area contributed by atoms with Crippen LogP contribution in [0.2, 0.25) is 0 Å². The molecule has 1 aliphatic heterocycles. The lowest BCUT2D eigenvalue weighted by Crippen LogP contribution is -2.31. The Morgan fingerprint density at radius 2 is 2.10 bits per heavy atom. The first-order valence-electron chi connectivity index (χ1n) is 6.73. The Balaban J connectivity index is 2.12. The van der Waals surface area contributed by atoms with Crippen molar-refractivity contribution in [2.75, 3.05) is 0 Å². The zero-order chi connectivity index (χ0) is 15.6. The molecule has 21 heavy (non-hydrogen) atoms. The Kier molecular flexibility index (Phi) is 4.21. The highest BCUT2D eigenvalue weighted by Gasteiger charge is 2.37. The smallest absolute Gasteiger partial charge is 0.325 e.